The van der Waals surface area contributed by atoms with Crippen molar-refractivity contribution in [3.63, 3.8) is 0 Å². The Kier molecular flexibility index (Phi) is 5.82. The molecule has 84 valence electrons. The van der Waals surface area contributed by atoms with Crippen LogP contribution < -0.4 is 5.32 Å². The summed E-state index contributed by atoms with van der Waals surface area (Å²) >= 11 is 0. The van der Waals surface area contributed by atoms with Crippen LogP contribution in [0.4, 0.5) is 0 Å². The molecule has 0 spiro atoms. The van der Waals surface area contributed by atoms with Crippen LogP contribution in [0.3, 0.4) is 0 Å². The van der Waals surface area contributed by atoms with E-state index in [9.17, 15) is 4.79 Å². The first-order chi connectivity index (χ1) is 6.35. The number of carbonyl (C=O) groups is 1. The number of hydrogen-bond acceptors (Lipinski definition) is 1. The van der Waals surface area contributed by atoms with Crippen molar-refractivity contribution in [2.24, 2.45) is 11.3 Å². The maximum Gasteiger partial charge on any atom is 0.219 e. The van der Waals surface area contributed by atoms with Gasteiger partial charge in [-0.1, -0.05) is 34.6 Å². The summed E-state index contributed by atoms with van der Waals surface area (Å²) in [7, 11) is 0. The van der Waals surface area contributed by atoms with Crippen LogP contribution >= 0.6 is 0 Å². The first-order valence-corrected chi connectivity index (χ1v) is 5.62. The van der Waals surface area contributed by atoms with Gasteiger partial charge in [-0.15, -0.1) is 0 Å². The highest BCUT2D eigenvalue weighted by Crippen LogP contribution is 2.23. The van der Waals surface area contributed by atoms with E-state index < -0.39 is 0 Å². The third kappa shape index (κ3) is 8.09. The average molecular weight is 199 g/mol. The van der Waals surface area contributed by atoms with Crippen molar-refractivity contribution in [1.82, 2.24) is 5.32 Å². The van der Waals surface area contributed by atoms with E-state index in [1.165, 1.54) is 0 Å². The second-order valence-electron chi connectivity index (χ2n) is 5.42. The molecule has 2 nitrogen and oxygen atoms in total. The Morgan fingerprint density at radius 3 is 2.36 bits per heavy atom. The molecular formula is C12H25NO. The smallest absolute Gasteiger partial charge is 0.219 e. The van der Waals surface area contributed by atoms with Crippen LogP contribution in [-0.2, 0) is 4.79 Å². The topological polar surface area (TPSA) is 29.1 Å². The highest BCUT2D eigenvalue weighted by atomic mass is 16.1. The van der Waals surface area contributed by atoms with Crippen LogP contribution in [0.2, 0.25) is 0 Å². The van der Waals surface area contributed by atoms with E-state index in [2.05, 4.69) is 33.0 Å². The van der Waals surface area contributed by atoms with Crippen molar-refractivity contribution in [1.29, 1.82) is 0 Å². The Balaban J connectivity index is 3.63. The normalized spacial score (nSPS) is 13.8. The highest BCUT2D eigenvalue weighted by molar-refractivity contribution is 5.75. The van der Waals surface area contributed by atoms with Crippen molar-refractivity contribution >= 4 is 5.91 Å². The minimum Gasteiger partial charge on any atom is -0.356 e. The summed E-state index contributed by atoms with van der Waals surface area (Å²) in [5.74, 6) is 0.754. The van der Waals surface area contributed by atoms with Gasteiger partial charge < -0.3 is 5.32 Å². The van der Waals surface area contributed by atoms with Gasteiger partial charge in [-0.05, 0) is 24.2 Å². The zero-order valence-corrected chi connectivity index (χ0v) is 10.3. The van der Waals surface area contributed by atoms with Crippen molar-refractivity contribution in [2.45, 2.75) is 53.9 Å². The SMILES string of the molecule is CCCC(=O)NCC(C)CC(C)(C)C. The molecule has 0 heterocycles. The molecule has 0 rings (SSSR count). The Labute approximate surface area is 88.5 Å². The van der Waals surface area contributed by atoms with Crippen LogP contribution in [0.15, 0.2) is 0 Å². The molecule has 0 fully saturated rings. The molecule has 0 aromatic rings. The third-order valence-electron chi connectivity index (χ3n) is 2.09. The maximum absolute atomic E-state index is 11.2. The fraction of sp³-hybridized carbons (Fsp3) is 0.917. The van der Waals surface area contributed by atoms with E-state index in [4.69, 9.17) is 0 Å². The van der Waals surface area contributed by atoms with Crippen LogP contribution in [-0.4, -0.2) is 12.5 Å². The van der Waals surface area contributed by atoms with Crippen molar-refractivity contribution in [3.8, 4) is 0 Å². The van der Waals surface area contributed by atoms with Gasteiger partial charge >= 0.3 is 0 Å². The van der Waals surface area contributed by atoms with Crippen molar-refractivity contribution < 1.29 is 4.79 Å². The minimum atomic E-state index is 0.188. The molecule has 0 aromatic carbocycles. The second-order valence-corrected chi connectivity index (χ2v) is 5.42. The second kappa shape index (κ2) is 6.05. The van der Waals surface area contributed by atoms with Crippen LogP contribution in [0.1, 0.15) is 53.9 Å². The zero-order valence-electron chi connectivity index (χ0n) is 10.3. The molecule has 0 aliphatic rings. The largest absolute Gasteiger partial charge is 0.356 e. The van der Waals surface area contributed by atoms with Gasteiger partial charge in [-0.25, -0.2) is 0 Å². The molecule has 0 bridgehead atoms. The van der Waals surface area contributed by atoms with Crippen molar-refractivity contribution in [2.75, 3.05) is 6.54 Å². The standard InChI is InChI=1S/C12H25NO/c1-6-7-11(14)13-9-10(2)8-12(3,4)5/h10H,6-9H2,1-5H3,(H,13,14). The monoisotopic (exact) mass is 199 g/mol. The predicted octanol–water partition coefficient (Wildman–Crippen LogP) is 2.98. The lowest BCUT2D eigenvalue weighted by Gasteiger charge is -2.23. The van der Waals surface area contributed by atoms with E-state index in [-0.39, 0.29) is 5.91 Å². The molecule has 0 radical (unpaired) electrons. The summed E-state index contributed by atoms with van der Waals surface area (Å²) in [5, 5.41) is 2.97. The lowest BCUT2D eigenvalue weighted by Crippen LogP contribution is -2.29. The number of carbonyl (C=O) groups excluding carboxylic acids is 1. The molecule has 0 saturated carbocycles. The molecule has 0 aromatic heterocycles. The molecule has 14 heavy (non-hydrogen) atoms. The molecule has 0 aliphatic carbocycles. The Morgan fingerprint density at radius 2 is 1.93 bits per heavy atom. The number of amides is 1. The number of hydrogen-bond donors (Lipinski definition) is 1. The van der Waals surface area contributed by atoms with Gasteiger partial charge in [0.2, 0.25) is 5.91 Å². The number of rotatable bonds is 5. The van der Waals surface area contributed by atoms with Gasteiger partial charge in [-0.2, -0.15) is 0 Å². The van der Waals surface area contributed by atoms with E-state index in [0.717, 1.165) is 19.4 Å². The van der Waals surface area contributed by atoms with Crippen molar-refractivity contribution in [3.05, 3.63) is 0 Å². The third-order valence-corrected chi connectivity index (χ3v) is 2.09. The van der Waals surface area contributed by atoms with Crippen LogP contribution in [0, 0.1) is 11.3 Å². The predicted molar refractivity (Wildman–Crippen MR) is 61.2 cm³/mol. The van der Waals surface area contributed by atoms with Crippen LogP contribution in [0.25, 0.3) is 0 Å². The molecule has 1 N–H and O–H groups in total. The summed E-state index contributed by atoms with van der Waals surface area (Å²) in [6.45, 7) is 11.7. The van der Waals surface area contributed by atoms with Gasteiger partial charge in [-0.3, -0.25) is 4.79 Å². The van der Waals surface area contributed by atoms with E-state index in [1.807, 2.05) is 6.92 Å². The summed E-state index contributed by atoms with van der Waals surface area (Å²) in [5.41, 5.74) is 0.356. The fourth-order valence-electron chi connectivity index (χ4n) is 1.72. The van der Waals surface area contributed by atoms with E-state index in [0.29, 0.717) is 17.8 Å². The maximum atomic E-state index is 11.2. The Morgan fingerprint density at radius 1 is 1.36 bits per heavy atom. The van der Waals surface area contributed by atoms with Gasteiger partial charge in [0.25, 0.3) is 0 Å². The molecule has 0 aliphatic heterocycles. The first kappa shape index (κ1) is 13.5. The lowest BCUT2D eigenvalue weighted by atomic mass is 9.85. The Bertz CT molecular complexity index is 170. The molecule has 2 heteroatoms. The summed E-state index contributed by atoms with van der Waals surface area (Å²) < 4.78 is 0. The first-order valence-electron chi connectivity index (χ1n) is 5.62. The number of nitrogens with one attached hydrogen (secondary N) is 1. The van der Waals surface area contributed by atoms with E-state index >= 15 is 0 Å². The van der Waals surface area contributed by atoms with Gasteiger partial charge in [0.15, 0.2) is 0 Å². The molecule has 1 atom stereocenters. The zero-order chi connectivity index (χ0) is 11.2. The minimum absolute atomic E-state index is 0.188. The van der Waals surface area contributed by atoms with Gasteiger partial charge in [0.1, 0.15) is 0 Å². The molecular weight excluding hydrogens is 174 g/mol. The van der Waals surface area contributed by atoms with E-state index in [1.54, 1.807) is 0 Å². The molecule has 1 unspecified atom stereocenters. The summed E-state index contributed by atoms with van der Waals surface area (Å²) in [4.78, 5) is 11.2. The van der Waals surface area contributed by atoms with Gasteiger partial charge in [0, 0.05) is 13.0 Å². The highest BCUT2D eigenvalue weighted by Gasteiger charge is 2.15. The lowest BCUT2D eigenvalue weighted by molar-refractivity contribution is -0.121. The van der Waals surface area contributed by atoms with Crippen LogP contribution in [0.5, 0.6) is 0 Å². The van der Waals surface area contributed by atoms with Gasteiger partial charge in [0.05, 0.1) is 0 Å². The quantitative estimate of drug-likeness (QED) is 0.724. The molecule has 1 amide bonds. The summed E-state index contributed by atoms with van der Waals surface area (Å²) in [6, 6.07) is 0. The average Bonchev–Trinajstić information content (AvgIpc) is 1.98. The Hall–Kier alpha value is -0.530. The summed E-state index contributed by atoms with van der Waals surface area (Å²) in [6.07, 6.45) is 2.74. The fourth-order valence-corrected chi connectivity index (χ4v) is 1.72. The molecule has 0 saturated heterocycles.